The van der Waals surface area contributed by atoms with Crippen LogP contribution in [-0.2, 0) is 5.54 Å². The summed E-state index contributed by atoms with van der Waals surface area (Å²) in [7, 11) is 0. The van der Waals surface area contributed by atoms with Crippen molar-refractivity contribution in [3.63, 3.8) is 0 Å². The maximum absolute atomic E-state index is 6.23. The number of rotatable bonds is 2. The van der Waals surface area contributed by atoms with Crippen LogP contribution in [0.5, 0.6) is 0 Å². The van der Waals surface area contributed by atoms with E-state index in [0.717, 1.165) is 35.7 Å². The van der Waals surface area contributed by atoms with Crippen molar-refractivity contribution in [2.75, 3.05) is 0 Å². The maximum Gasteiger partial charge on any atom is 0.260 e. The molecule has 5 nitrogen and oxygen atoms in total. The first-order chi connectivity index (χ1) is 10.2. The molecule has 0 aliphatic heterocycles. The number of pyridine rings is 1. The zero-order chi connectivity index (χ0) is 14.4. The van der Waals surface area contributed by atoms with Crippen molar-refractivity contribution in [1.29, 1.82) is 0 Å². The minimum atomic E-state index is -0.441. The summed E-state index contributed by atoms with van der Waals surface area (Å²) >= 11 is 6.17. The molecular weight excluding hydrogens is 288 g/mol. The minimum Gasteiger partial charge on any atom is -0.334 e. The lowest BCUT2D eigenvalue weighted by Crippen LogP contribution is -2.44. The summed E-state index contributed by atoms with van der Waals surface area (Å²) in [6, 6.07) is 7.47. The molecule has 2 aromatic heterocycles. The molecule has 0 bridgehead atoms. The highest BCUT2D eigenvalue weighted by molar-refractivity contribution is 6.31. The second kappa shape index (κ2) is 4.51. The van der Waals surface area contributed by atoms with Crippen LogP contribution in [0.25, 0.3) is 22.4 Å². The molecule has 0 amide bonds. The predicted molar refractivity (Wildman–Crippen MR) is 79.8 cm³/mol. The number of halogens is 1. The third-order valence-electron chi connectivity index (χ3n) is 4.02. The minimum absolute atomic E-state index is 0.410. The van der Waals surface area contributed by atoms with Crippen molar-refractivity contribution >= 4 is 22.5 Å². The van der Waals surface area contributed by atoms with E-state index in [9.17, 15) is 0 Å². The summed E-state index contributed by atoms with van der Waals surface area (Å²) in [5.74, 6) is 0.973. The zero-order valence-electron chi connectivity index (χ0n) is 11.2. The first-order valence-electron chi connectivity index (χ1n) is 6.83. The Hall–Kier alpha value is -1.98. The average Bonchev–Trinajstić information content (AvgIpc) is 2.93. The van der Waals surface area contributed by atoms with E-state index in [-0.39, 0.29) is 0 Å². The van der Waals surface area contributed by atoms with Gasteiger partial charge in [-0.1, -0.05) is 22.8 Å². The van der Waals surface area contributed by atoms with Gasteiger partial charge in [0, 0.05) is 16.6 Å². The van der Waals surface area contributed by atoms with Gasteiger partial charge in [-0.25, -0.2) is 0 Å². The van der Waals surface area contributed by atoms with Gasteiger partial charge in [-0.15, -0.1) is 0 Å². The van der Waals surface area contributed by atoms with E-state index in [2.05, 4.69) is 15.1 Å². The summed E-state index contributed by atoms with van der Waals surface area (Å²) in [5, 5.41) is 5.58. The van der Waals surface area contributed by atoms with Crippen molar-refractivity contribution in [3.8, 4) is 11.5 Å². The van der Waals surface area contributed by atoms with Gasteiger partial charge < -0.3 is 10.3 Å². The first-order valence-corrected chi connectivity index (χ1v) is 7.21. The smallest absolute Gasteiger partial charge is 0.260 e. The van der Waals surface area contributed by atoms with Crippen LogP contribution in [0.15, 0.2) is 35.0 Å². The van der Waals surface area contributed by atoms with Crippen LogP contribution >= 0.6 is 11.6 Å². The molecule has 4 rings (SSSR count). The molecule has 0 saturated heterocycles. The van der Waals surface area contributed by atoms with Crippen LogP contribution < -0.4 is 5.73 Å². The normalized spacial score (nSPS) is 16.9. The molecule has 1 aliphatic carbocycles. The van der Waals surface area contributed by atoms with E-state index in [4.69, 9.17) is 21.9 Å². The number of nitrogens with two attached hydrogens (primary N) is 1. The van der Waals surface area contributed by atoms with Crippen molar-refractivity contribution in [3.05, 3.63) is 41.3 Å². The van der Waals surface area contributed by atoms with Crippen molar-refractivity contribution in [2.45, 2.75) is 24.8 Å². The van der Waals surface area contributed by atoms with E-state index in [1.165, 1.54) is 0 Å². The van der Waals surface area contributed by atoms with E-state index < -0.39 is 5.54 Å². The molecule has 0 radical (unpaired) electrons. The lowest BCUT2D eigenvalue weighted by atomic mass is 9.77. The molecule has 1 aromatic carbocycles. The second-order valence-electron chi connectivity index (χ2n) is 5.46. The van der Waals surface area contributed by atoms with Gasteiger partial charge in [0.15, 0.2) is 5.82 Å². The van der Waals surface area contributed by atoms with Crippen molar-refractivity contribution in [1.82, 2.24) is 15.1 Å². The Labute approximate surface area is 126 Å². The van der Waals surface area contributed by atoms with Gasteiger partial charge in [0.25, 0.3) is 5.89 Å². The fraction of sp³-hybridized carbons (Fsp3) is 0.267. The number of fused-ring (bicyclic) bond motifs is 1. The Kier molecular flexibility index (Phi) is 2.74. The number of benzene rings is 1. The molecule has 2 N–H and O–H groups in total. The highest BCUT2D eigenvalue weighted by atomic mass is 35.5. The van der Waals surface area contributed by atoms with Crippen molar-refractivity contribution < 1.29 is 4.52 Å². The van der Waals surface area contributed by atoms with Gasteiger partial charge >= 0.3 is 0 Å². The van der Waals surface area contributed by atoms with Gasteiger partial charge in [0.1, 0.15) is 0 Å². The Balaban J connectivity index is 1.87. The molecule has 106 valence electrons. The molecule has 0 unspecified atom stereocenters. The van der Waals surface area contributed by atoms with Crippen LogP contribution in [0.4, 0.5) is 0 Å². The zero-order valence-corrected chi connectivity index (χ0v) is 12.0. The van der Waals surface area contributed by atoms with Gasteiger partial charge in [-0.3, -0.25) is 4.98 Å². The number of hydrogen-bond donors (Lipinski definition) is 1. The lowest BCUT2D eigenvalue weighted by Gasteiger charge is -2.34. The molecular formula is C15H13ClN4O. The van der Waals surface area contributed by atoms with Gasteiger partial charge in [-0.2, -0.15) is 4.98 Å². The van der Waals surface area contributed by atoms with Crippen molar-refractivity contribution in [2.24, 2.45) is 5.73 Å². The molecule has 0 spiro atoms. The Morgan fingerprint density at radius 2 is 2.14 bits per heavy atom. The van der Waals surface area contributed by atoms with Gasteiger partial charge in [0.05, 0.1) is 16.6 Å². The Bertz CT molecular complexity index is 825. The quantitative estimate of drug-likeness (QED) is 0.786. The lowest BCUT2D eigenvalue weighted by molar-refractivity contribution is 0.229. The summed E-state index contributed by atoms with van der Waals surface area (Å²) < 4.78 is 5.40. The number of aromatic nitrogens is 3. The van der Waals surface area contributed by atoms with Gasteiger partial charge in [0.2, 0.25) is 0 Å². The number of nitrogens with zero attached hydrogens (tertiary/aromatic N) is 3. The molecule has 21 heavy (non-hydrogen) atoms. The largest absolute Gasteiger partial charge is 0.334 e. The fourth-order valence-corrected chi connectivity index (χ4v) is 2.86. The first kappa shape index (κ1) is 12.7. The molecule has 0 atom stereocenters. The molecule has 2 heterocycles. The number of hydrogen-bond acceptors (Lipinski definition) is 5. The third kappa shape index (κ3) is 2.01. The topological polar surface area (TPSA) is 77.8 Å². The Morgan fingerprint density at radius 3 is 2.90 bits per heavy atom. The second-order valence-corrected chi connectivity index (χ2v) is 5.90. The predicted octanol–water partition coefficient (Wildman–Crippen LogP) is 3.28. The van der Waals surface area contributed by atoms with E-state index in [1.54, 1.807) is 12.3 Å². The monoisotopic (exact) mass is 300 g/mol. The maximum atomic E-state index is 6.23. The SMILES string of the molecule is NC1(c2noc(-c3cc(Cl)cc4cccnc34)n2)CCC1. The average molecular weight is 301 g/mol. The molecule has 6 heteroatoms. The molecule has 1 aliphatic rings. The summed E-state index contributed by atoms with van der Waals surface area (Å²) in [5.41, 5.74) is 7.32. The highest BCUT2D eigenvalue weighted by Gasteiger charge is 2.39. The summed E-state index contributed by atoms with van der Waals surface area (Å²) in [4.78, 5) is 8.85. The van der Waals surface area contributed by atoms with E-state index in [1.807, 2.05) is 18.2 Å². The fourth-order valence-electron chi connectivity index (χ4n) is 2.64. The Morgan fingerprint density at radius 1 is 1.29 bits per heavy atom. The molecule has 1 saturated carbocycles. The highest BCUT2D eigenvalue weighted by Crippen LogP contribution is 2.38. The van der Waals surface area contributed by atoms with Crippen LogP contribution in [0.1, 0.15) is 25.1 Å². The van der Waals surface area contributed by atoms with Crippen LogP contribution in [0.3, 0.4) is 0 Å². The van der Waals surface area contributed by atoms with Gasteiger partial charge in [-0.05, 0) is 37.5 Å². The van der Waals surface area contributed by atoms with Crippen LogP contribution in [-0.4, -0.2) is 15.1 Å². The van der Waals surface area contributed by atoms with E-state index in [0.29, 0.717) is 16.7 Å². The van der Waals surface area contributed by atoms with Crippen LogP contribution in [0.2, 0.25) is 5.02 Å². The molecule has 3 aromatic rings. The molecule has 1 fully saturated rings. The van der Waals surface area contributed by atoms with E-state index >= 15 is 0 Å². The summed E-state index contributed by atoms with van der Waals surface area (Å²) in [6.07, 6.45) is 4.61. The third-order valence-corrected chi connectivity index (χ3v) is 4.24. The standard InChI is InChI=1S/C15H13ClN4O/c16-10-7-9-3-1-6-18-12(9)11(8-10)13-19-14(20-21-13)15(17)4-2-5-15/h1,3,6-8H,2,4-5,17H2. The van der Waals surface area contributed by atoms with Crippen LogP contribution in [0, 0.1) is 0 Å². The summed E-state index contributed by atoms with van der Waals surface area (Å²) in [6.45, 7) is 0.